The lowest BCUT2D eigenvalue weighted by atomic mass is 10.1. The van der Waals surface area contributed by atoms with Crippen molar-refractivity contribution in [1.29, 1.82) is 0 Å². The maximum absolute atomic E-state index is 9.65. The van der Waals surface area contributed by atoms with E-state index < -0.39 is 0 Å². The highest BCUT2D eigenvalue weighted by Crippen LogP contribution is 2.27. The maximum atomic E-state index is 9.65. The first kappa shape index (κ1) is 15.1. The molecule has 6 heteroatoms. The number of hydrogen-bond acceptors (Lipinski definition) is 5. The molecule has 1 unspecified atom stereocenters. The Morgan fingerprint density at radius 3 is 2.75 bits per heavy atom. The fraction of sp³-hybridized carbons (Fsp3) is 0.643. The van der Waals surface area contributed by atoms with Crippen LogP contribution in [-0.2, 0) is 0 Å². The largest absolute Gasteiger partial charge is 0.394 e. The fourth-order valence-corrected chi connectivity index (χ4v) is 2.98. The highest BCUT2D eigenvalue weighted by molar-refractivity contribution is 7.80. The molecule has 0 aromatic carbocycles. The number of aryl methyl sites for hydroxylation is 1. The van der Waals surface area contributed by atoms with Crippen molar-refractivity contribution < 1.29 is 5.11 Å². The van der Waals surface area contributed by atoms with Crippen molar-refractivity contribution in [2.24, 2.45) is 5.73 Å². The summed E-state index contributed by atoms with van der Waals surface area (Å²) in [6.07, 6.45) is 4.35. The third-order valence-corrected chi connectivity index (χ3v) is 4.25. The van der Waals surface area contributed by atoms with Crippen LogP contribution in [0.25, 0.3) is 0 Å². The van der Waals surface area contributed by atoms with Crippen molar-refractivity contribution in [3.8, 4) is 0 Å². The number of nitrogens with two attached hydrogens (primary N) is 1. The summed E-state index contributed by atoms with van der Waals surface area (Å²) in [5, 5.41) is 18.2. The SMILES string of the molecule is Cc1nnc(N2CCCCCC2CO)c(C(N)=S)c1C. The molecule has 2 rings (SSSR count). The predicted octanol–water partition coefficient (Wildman–Crippen LogP) is 1.47. The average molecular weight is 294 g/mol. The molecule has 1 aromatic rings. The number of aliphatic hydroxyl groups excluding tert-OH is 1. The molecule has 1 aromatic heterocycles. The highest BCUT2D eigenvalue weighted by atomic mass is 32.1. The van der Waals surface area contributed by atoms with Gasteiger partial charge in [0.2, 0.25) is 0 Å². The average Bonchev–Trinajstić information content (AvgIpc) is 2.66. The monoisotopic (exact) mass is 294 g/mol. The maximum Gasteiger partial charge on any atom is 0.162 e. The number of anilines is 1. The van der Waals surface area contributed by atoms with Gasteiger partial charge in [-0.25, -0.2) is 0 Å². The van der Waals surface area contributed by atoms with Gasteiger partial charge >= 0.3 is 0 Å². The molecule has 2 heterocycles. The Bertz CT molecular complexity index is 506. The third-order valence-electron chi connectivity index (χ3n) is 4.04. The molecule has 110 valence electrons. The first-order chi connectivity index (χ1) is 9.56. The molecule has 0 amide bonds. The molecular formula is C14H22N4OS. The lowest BCUT2D eigenvalue weighted by Crippen LogP contribution is -2.40. The van der Waals surface area contributed by atoms with Crippen LogP contribution in [0.4, 0.5) is 5.82 Å². The molecule has 0 saturated carbocycles. The van der Waals surface area contributed by atoms with Crippen molar-refractivity contribution in [3.05, 3.63) is 16.8 Å². The second kappa shape index (κ2) is 6.45. The van der Waals surface area contributed by atoms with Crippen LogP contribution in [0.1, 0.15) is 42.5 Å². The minimum atomic E-state index is 0.0713. The van der Waals surface area contributed by atoms with E-state index in [1.807, 2.05) is 13.8 Å². The summed E-state index contributed by atoms with van der Waals surface area (Å²) >= 11 is 5.20. The van der Waals surface area contributed by atoms with Gasteiger partial charge in [-0.1, -0.05) is 25.1 Å². The topological polar surface area (TPSA) is 75.3 Å². The molecule has 1 aliphatic heterocycles. The zero-order chi connectivity index (χ0) is 14.7. The number of aromatic nitrogens is 2. The van der Waals surface area contributed by atoms with E-state index in [0.29, 0.717) is 4.99 Å². The summed E-state index contributed by atoms with van der Waals surface area (Å²) in [5.74, 6) is 0.724. The highest BCUT2D eigenvalue weighted by Gasteiger charge is 2.26. The third kappa shape index (κ3) is 2.91. The van der Waals surface area contributed by atoms with Crippen molar-refractivity contribution in [1.82, 2.24) is 10.2 Å². The smallest absolute Gasteiger partial charge is 0.162 e. The lowest BCUT2D eigenvalue weighted by molar-refractivity contribution is 0.254. The Labute approximate surface area is 125 Å². The van der Waals surface area contributed by atoms with Crippen LogP contribution in [0.15, 0.2) is 0 Å². The van der Waals surface area contributed by atoms with Crippen molar-refractivity contribution in [3.63, 3.8) is 0 Å². The van der Waals surface area contributed by atoms with Gasteiger partial charge in [-0.3, -0.25) is 0 Å². The van der Waals surface area contributed by atoms with E-state index in [1.54, 1.807) is 0 Å². The van der Waals surface area contributed by atoms with Crippen LogP contribution in [0.3, 0.4) is 0 Å². The van der Waals surface area contributed by atoms with E-state index in [4.69, 9.17) is 18.0 Å². The number of aliphatic hydroxyl groups is 1. The summed E-state index contributed by atoms with van der Waals surface area (Å²) in [5.41, 5.74) is 8.51. The Hall–Kier alpha value is -1.27. The van der Waals surface area contributed by atoms with E-state index in [2.05, 4.69) is 15.1 Å². The normalized spacial score (nSPS) is 19.8. The zero-order valence-corrected chi connectivity index (χ0v) is 12.9. The van der Waals surface area contributed by atoms with E-state index in [9.17, 15) is 5.11 Å². The quantitative estimate of drug-likeness (QED) is 0.822. The van der Waals surface area contributed by atoms with Crippen LogP contribution in [0, 0.1) is 13.8 Å². The van der Waals surface area contributed by atoms with Gasteiger partial charge in [-0.2, -0.15) is 5.10 Å². The van der Waals surface area contributed by atoms with Crippen LogP contribution >= 0.6 is 12.2 Å². The zero-order valence-electron chi connectivity index (χ0n) is 12.1. The Morgan fingerprint density at radius 1 is 1.35 bits per heavy atom. The number of rotatable bonds is 3. The van der Waals surface area contributed by atoms with Gasteiger partial charge in [-0.05, 0) is 32.3 Å². The van der Waals surface area contributed by atoms with Gasteiger partial charge in [-0.15, -0.1) is 5.10 Å². The predicted molar refractivity (Wildman–Crippen MR) is 84.1 cm³/mol. The molecule has 0 bridgehead atoms. The summed E-state index contributed by atoms with van der Waals surface area (Å²) in [6.45, 7) is 4.84. The minimum Gasteiger partial charge on any atom is -0.394 e. The van der Waals surface area contributed by atoms with Gasteiger partial charge in [0.25, 0.3) is 0 Å². The van der Waals surface area contributed by atoms with Crippen LogP contribution in [0.2, 0.25) is 0 Å². The first-order valence-corrected chi connectivity index (χ1v) is 7.48. The molecule has 1 saturated heterocycles. The van der Waals surface area contributed by atoms with E-state index >= 15 is 0 Å². The first-order valence-electron chi connectivity index (χ1n) is 7.07. The minimum absolute atomic E-state index is 0.0713. The molecule has 1 fully saturated rings. The molecule has 0 aliphatic carbocycles. The van der Waals surface area contributed by atoms with Crippen LogP contribution in [-0.4, -0.2) is 39.5 Å². The number of thiocarbonyl (C=S) groups is 1. The summed E-state index contributed by atoms with van der Waals surface area (Å²) in [4.78, 5) is 2.47. The molecule has 1 atom stereocenters. The van der Waals surface area contributed by atoms with Crippen LogP contribution < -0.4 is 10.6 Å². The Kier molecular flexibility index (Phi) is 4.88. The molecule has 3 N–H and O–H groups in total. The Morgan fingerprint density at radius 2 is 2.10 bits per heavy atom. The fourth-order valence-electron chi connectivity index (χ4n) is 2.74. The second-order valence-electron chi connectivity index (χ2n) is 5.35. The second-order valence-corrected chi connectivity index (χ2v) is 5.79. The van der Waals surface area contributed by atoms with E-state index in [1.165, 1.54) is 6.42 Å². The van der Waals surface area contributed by atoms with Crippen molar-refractivity contribution in [2.45, 2.75) is 45.6 Å². The Balaban J connectivity index is 2.49. The summed E-state index contributed by atoms with van der Waals surface area (Å²) < 4.78 is 0. The summed E-state index contributed by atoms with van der Waals surface area (Å²) in [7, 11) is 0. The lowest BCUT2D eigenvalue weighted by Gasteiger charge is -2.31. The molecule has 5 nitrogen and oxygen atoms in total. The molecule has 0 radical (unpaired) electrons. The van der Waals surface area contributed by atoms with Gasteiger partial charge in [0.05, 0.1) is 23.9 Å². The van der Waals surface area contributed by atoms with Crippen molar-refractivity contribution in [2.75, 3.05) is 18.1 Å². The van der Waals surface area contributed by atoms with Gasteiger partial charge < -0.3 is 15.7 Å². The molecule has 0 spiro atoms. The van der Waals surface area contributed by atoms with E-state index in [0.717, 1.165) is 48.4 Å². The van der Waals surface area contributed by atoms with Crippen LogP contribution in [0.5, 0.6) is 0 Å². The number of nitrogens with zero attached hydrogens (tertiary/aromatic N) is 3. The molecule has 20 heavy (non-hydrogen) atoms. The van der Waals surface area contributed by atoms with Gasteiger partial charge in [0.1, 0.15) is 4.99 Å². The van der Waals surface area contributed by atoms with Crippen molar-refractivity contribution >= 4 is 23.0 Å². The van der Waals surface area contributed by atoms with Gasteiger partial charge in [0, 0.05) is 6.54 Å². The number of hydrogen-bond donors (Lipinski definition) is 2. The summed E-state index contributed by atoms with van der Waals surface area (Å²) in [6, 6.07) is 0.0713. The standard InChI is InChI=1S/C14H22N4OS/c1-9-10(2)16-17-14(12(9)13(15)20)18-7-5-3-4-6-11(18)8-19/h11,19H,3-8H2,1-2H3,(H2,15,20). The molecule has 1 aliphatic rings. The van der Waals surface area contributed by atoms with E-state index in [-0.39, 0.29) is 12.6 Å². The molecular weight excluding hydrogens is 272 g/mol. The van der Waals surface area contributed by atoms with Gasteiger partial charge in [0.15, 0.2) is 5.82 Å².